The molecule has 1 aromatic rings. The summed E-state index contributed by atoms with van der Waals surface area (Å²) in [4.78, 5) is 0. The van der Waals surface area contributed by atoms with Gasteiger partial charge in [0.05, 0.1) is 6.26 Å². The van der Waals surface area contributed by atoms with E-state index >= 15 is 0 Å². The number of sulfonamides is 1. The monoisotopic (exact) mass is 312 g/mol. The van der Waals surface area contributed by atoms with E-state index in [9.17, 15) is 8.42 Å². The van der Waals surface area contributed by atoms with E-state index in [0.29, 0.717) is 19.0 Å². The van der Waals surface area contributed by atoms with Crippen LogP contribution in [0.2, 0.25) is 0 Å². The molecule has 1 N–H and O–H groups in total. The van der Waals surface area contributed by atoms with Gasteiger partial charge in [0.2, 0.25) is 10.0 Å². The fraction of sp³-hybridized carbons (Fsp3) is 0.625. The molecule has 1 aromatic carbocycles. The second kappa shape index (κ2) is 8.51. The largest absolute Gasteiger partial charge is 0.313 e. The maximum absolute atomic E-state index is 11.4. The third-order valence-corrected chi connectivity index (χ3v) is 4.94. The van der Waals surface area contributed by atoms with E-state index in [1.54, 1.807) is 0 Å². The number of hydrogen-bond acceptors (Lipinski definition) is 3. The maximum atomic E-state index is 11.4. The second-order valence-electron chi connectivity index (χ2n) is 5.68. The predicted molar refractivity (Wildman–Crippen MR) is 88.9 cm³/mol. The smallest absolute Gasteiger partial charge is 0.211 e. The summed E-state index contributed by atoms with van der Waals surface area (Å²) in [5.41, 5.74) is 2.61. The first-order valence-corrected chi connectivity index (χ1v) is 9.44. The third-order valence-electron chi connectivity index (χ3n) is 3.56. The highest BCUT2D eigenvalue weighted by Crippen LogP contribution is 2.14. The van der Waals surface area contributed by atoms with Crippen molar-refractivity contribution < 1.29 is 8.42 Å². The Morgan fingerprint density at radius 2 is 1.81 bits per heavy atom. The summed E-state index contributed by atoms with van der Waals surface area (Å²) in [7, 11) is -3.06. The van der Waals surface area contributed by atoms with Crippen molar-refractivity contribution >= 4 is 10.0 Å². The second-order valence-corrected chi connectivity index (χ2v) is 7.66. The highest BCUT2D eigenvalue weighted by atomic mass is 32.2. The standard InChI is InChI=1S/C16H28N2O2S/c1-5-18(21(4,19)20)12-6-11-17-13-15-7-9-16(10-8-15)14(2)3/h7-10,14,17H,5-6,11-13H2,1-4H3. The normalized spacial score (nSPS) is 12.3. The number of benzene rings is 1. The van der Waals surface area contributed by atoms with E-state index in [4.69, 9.17) is 0 Å². The van der Waals surface area contributed by atoms with Crippen LogP contribution < -0.4 is 5.32 Å². The summed E-state index contributed by atoms with van der Waals surface area (Å²) in [6.07, 6.45) is 2.09. The number of rotatable bonds is 9. The molecule has 0 aliphatic heterocycles. The molecule has 0 heterocycles. The van der Waals surface area contributed by atoms with Crippen molar-refractivity contribution in [1.82, 2.24) is 9.62 Å². The lowest BCUT2D eigenvalue weighted by molar-refractivity contribution is 0.419. The molecule has 0 aliphatic rings. The van der Waals surface area contributed by atoms with Crippen molar-refractivity contribution in [1.29, 1.82) is 0 Å². The average Bonchev–Trinajstić information content (AvgIpc) is 2.41. The van der Waals surface area contributed by atoms with Crippen LogP contribution in [0.25, 0.3) is 0 Å². The minimum atomic E-state index is -3.06. The van der Waals surface area contributed by atoms with Crippen molar-refractivity contribution in [3.63, 3.8) is 0 Å². The molecule has 0 bridgehead atoms. The van der Waals surface area contributed by atoms with Gasteiger partial charge in [0.15, 0.2) is 0 Å². The molecule has 0 amide bonds. The number of nitrogens with zero attached hydrogens (tertiary/aromatic N) is 1. The van der Waals surface area contributed by atoms with Crippen molar-refractivity contribution in [2.75, 3.05) is 25.9 Å². The third kappa shape index (κ3) is 6.59. The van der Waals surface area contributed by atoms with E-state index in [0.717, 1.165) is 19.5 Å². The van der Waals surface area contributed by atoms with Gasteiger partial charge in [-0.15, -0.1) is 0 Å². The summed E-state index contributed by atoms with van der Waals surface area (Å²) in [6.45, 7) is 9.00. The van der Waals surface area contributed by atoms with Crippen LogP contribution in [0.4, 0.5) is 0 Å². The van der Waals surface area contributed by atoms with E-state index < -0.39 is 10.0 Å². The topological polar surface area (TPSA) is 49.4 Å². The molecule has 0 aliphatic carbocycles. The molecular formula is C16H28N2O2S. The van der Waals surface area contributed by atoms with Gasteiger partial charge in [-0.1, -0.05) is 45.0 Å². The predicted octanol–water partition coefficient (Wildman–Crippen LogP) is 2.57. The zero-order valence-corrected chi connectivity index (χ0v) is 14.4. The molecular weight excluding hydrogens is 284 g/mol. The zero-order valence-electron chi connectivity index (χ0n) is 13.6. The molecule has 0 unspecified atom stereocenters. The first kappa shape index (κ1) is 18.1. The quantitative estimate of drug-likeness (QED) is 0.713. The molecule has 0 atom stereocenters. The van der Waals surface area contributed by atoms with Crippen LogP contribution in [0.15, 0.2) is 24.3 Å². The van der Waals surface area contributed by atoms with Crippen LogP contribution in [0.5, 0.6) is 0 Å². The Balaban J connectivity index is 2.28. The van der Waals surface area contributed by atoms with Crippen LogP contribution in [-0.2, 0) is 16.6 Å². The lowest BCUT2D eigenvalue weighted by Gasteiger charge is -2.17. The van der Waals surface area contributed by atoms with E-state index in [1.165, 1.54) is 21.7 Å². The lowest BCUT2D eigenvalue weighted by atomic mass is 10.0. The van der Waals surface area contributed by atoms with Gasteiger partial charge in [-0.3, -0.25) is 0 Å². The van der Waals surface area contributed by atoms with Gasteiger partial charge in [-0.25, -0.2) is 12.7 Å². The first-order valence-electron chi connectivity index (χ1n) is 7.59. The minimum absolute atomic E-state index is 0.537. The molecule has 1 rings (SSSR count). The summed E-state index contributed by atoms with van der Waals surface area (Å²) < 4.78 is 24.4. The van der Waals surface area contributed by atoms with Crippen molar-refractivity contribution in [3.05, 3.63) is 35.4 Å². The first-order chi connectivity index (χ1) is 9.84. The lowest BCUT2D eigenvalue weighted by Crippen LogP contribution is -2.32. The van der Waals surface area contributed by atoms with Crippen molar-refractivity contribution in [2.24, 2.45) is 0 Å². The van der Waals surface area contributed by atoms with Gasteiger partial charge in [0.25, 0.3) is 0 Å². The van der Waals surface area contributed by atoms with E-state index in [-0.39, 0.29) is 0 Å². The van der Waals surface area contributed by atoms with Crippen LogP contribution in [0.1, 0.15) is 44.2 Å². The molecule has 0 radical (unpaired) electrons. The van der Waals surface area contributed by atoms with Crippen LogP contribution >= 0.6 is 0 Å². The summed E-state index contributed by atoms with van der Waals surface area (Å²) in [5, 5.41) is 3.36. The Morgan fingerprint density at radius 1 is 1.19 bits per heavy atom. The summed E-state index contributed by atoms with van der Waals surface area (Å²) in [5.74, 6) is 0.558. The van der Waals surface area contributed by atoms with Gasteiger partial charge in [-0.05, 0) is 30.0 Å². The van der Waals surface area contributed by atoms with Gasteiger partial charge in [0, 0.05) is 19.6 Å². The Bertz CT molecular complexity index is 510. The zero-order chi connectivity index (χ0) is 15.9. The van der Waals surface area contributed by atoms with Crippen LogP contribution in [-0.4, -0.2) is 38.6 Å². The number of hydrogen-bond donors (Lipinski definition) is 1. The van der Waals surface area contributed by atoms with Gasteiger partial charge in [-0.2, -0.15) is 0 Å². The molecule has 0 spiro atoms. The van der Waals surface area contributed by atoms with E-state index in [1.807, 2.05) is 6.92 Å². The molecule has 0 fully saturated rings. The average molecular weight is 312 g/mol. The fourth-order valence-corrected chi connectivity index (χ4v) is 3.12. The highest BCUT2D eigenvalue weighted by molar-refractivity contribution is 7.88. The Kier molecular flexibility index (Phi) is 7.35. The summed E-state index contributed by atoms with van der Waals surface area (Å²) in [6, 6.07) is 8.64. The Labute approximate surface area is 129 Å². The molecule has 120 valence electrons. The van der Waals surface area contributed by atoms with Crippen molar-refractivity contribution in [2.45, 2.75) is 39.7 Å². The summed E-state index contributed by atoms with van der Waals surface area (Å²) >= 11 is 0. The maximum Gasteiger partial charge on any atom is 0.211 e. The van der Waals surface area contributed by atoms with Crippen LogP contribution in [0.3, 0.4) is 0 Å². The van der Waals surface area contributed by atoms with Gasteiger partial charge in [0.1, 0.15) is 0 Å². The van der Waals surface area contributed by atoms with Gasteiger partial charge >= 0.3 is 0 Å². The SMILES string of the molecule is CCN(CCCNCc1ccc(C(C)C)cc1)S(C)(=O)=O. The molecule has 0 aromatic heterocycles. The Morgan fingerprint density at radius 3 is 2.29 bits per heavy atom. The van der Waals surface area contributed by atoms with E-state index in [2.05, 4.69) is 43.4 Å². The van der Waals surface area contributed by atoms with Gasteiger partial charge < -0.3 is 5.32 Å². The highest BCUT2D eigenvalue weighted by Gasteiger charge is 2.12. The van der Waals surface area contributed by atoms with Crippen molar-refractivity contribution in [3.8, 4) is 0 Å². The number of nitrogens with one attached hydrogen (secondary N) is 1. The fourth-order valence-electron chi connectivity index (χ4n) is 2.19. The molecule has 0 saturated carbocycles. The minimum Gasteiger partial charge on any atom is -0.313 e. The molecule has 21 heavy (non-hydrogen) atoms. The molecule has 4 nitrogen and oxygen atoms in total. The molecule has 5 heteroatoms. The van der Waals surface area contributed by atoms with Crippen LogP contribution in [0, 0.1) is 0 Å². The Hall–Kier alpha value is -0.910. The molecule has 0 saturated heterocycles.